The van der Waals surface area contributed by atoms with E-state index in [-0.39, 0.29) is 22.9 Å². The number of ether oxygens (including phenoxy) is 2. The van der Waals surface area contributed by atoms with Gasteiger partial charge in [-0.15, -0.1) is 0 Å². The Hall–Kier alpha value is -2.19. The molecular formula is C16H17F2NO4S. The van der Waals surface area contributed by atoms with Crippen molar-refractivity contribution >= 4 is 10.0 Å². The molecular weight excluding hydrogens is 340 g/mol. The molecule has 0 unspecified atom stereocenters. The van der Waals surface area contributed by atoms with Gasteiger partial charge in [0.15, 0.2) is 0 Å². The minimum absolute atomic E-state index is 0.0587. The van der Waals surface area contributed by atoms with Gasteiger partial charge in [-0.25, -0.2) is 13.1 Å². The second-order valence-electron chi connectivity index (χ2n) is 4.82. The van der Waals surface area contributed by atoms with E-state index < -0.39 is 16.6 Å². The second kappa shape index (κ2) is 8.07. The zero-order valence-electron chi connectivity index (χ0n) is 12.9. The molecule has 0 saturated heterocycles. The first kappa shape index (κ1) is 18.2. The van der Waals surface area contributed by atoms with E-state index in [1.54, 1.807) is 30.3 Å². The van der Waals surface area contributed by atoms with Gasteiger partial charge in [-0.1, -0.05) is 24.3 Å². The number of hydrogen-bond acceptors (Lipinski definition) is 4. The smallest absolute Gasteiger partial charge is 0.387 e. The van der Waals surface area contributed by atoms with Gasteiger partial charge >= 0.3 is 6.61 Å². The lowest BCUT2D eigenvalue weighted by Gasteiger charge is -2.10. The molecule has 0 radical (unpaired) electrons. The first-order valence-electron chi connectivity index (χ1n) is 7.09. The maximum atomic E-state index is 12.3. The van der Waals surface area contributed by atoms with Crippen LogP contribution in [0.2, 0.25) is 0 Å². The summed E-state index contributed by atoms with van der Waals surface area (Å²) in [5, 5.41) is 0. The van der Waals surface area contributed by atoms with E-state index in [0.717, 1.165) is 5.56 Å². The van der Waals surface area contributed by atoms with Gasteiger partial charge in [0.2, 0.25) is 10.0 Å². The largest absolute Gasteiger partial charge is 0.495 e. The van der Waals surface area contributed by atoms with Crippen LogP contribution in [-0.4, -0.2) is 28.7 Å². The van der Waals surface area contributed by atoms with Gasteiger partial charge in [0.1, 0.15) is 16.4 Å². The fourth-order valence-corrected chi connectivity index (χ4v) is 3.29. The van der Waals surface area contributed by atoms with Gasteiger partial charge in [0, 0.05) is 6.54 Å². The third kappa shape index (κ3) is 4.90. The summed E-state index contributed by atoms with van der Waals surface area (Å²) >= 11 is 0. The predicted molar refractivity (Wildman–Crippen MR) is 85.0 cm³/mol. The van der Waals surface area contributed by atoms with E-state index in [1.807, 2.05) is 0 Å². The molecule has 0 amide bonds. The number of alkyl halides is 2. The third-order valence-corrected chi connectivity index (χ3v) is 4.71. The molecule has 2 rings (SSSR count). The molecule has 0 aromatic heterocycles. The molecule has 2 aromatic rings. The van der Waals surface area contributed by atoms with Crippen LogP contribution in [0.15, 0.2) is 53.4 Å². The Balaban J connectivity index is 1.95. The molecule has 0 heterocycles. The van der Waals surface area contributed by atoms with Crippen LogP contribution < -0.4 is 14.2 Å². The molecule has 1 N–H and O–H groups in total. The summed E-state index contributed by atoms with van der Waals surface area (Å²) in [6.45, 7) is -2.71. The summed E-state index contributed by atoms with van der Waals surface area (Å²) in [6.07, 6.45) is 0.406. The van der Waals surface area contributed by atoms with Crippen molar-refractivity contribution in [2.24, 2.45) is 0 Å². The zero-order valence-corrected chi connectivity index (χ0v) is 13.7. The number of rotatable bonds is 8. The normalized spacial score (nSPS) is 11.5. The molecule has 2 aromatic carbocycles. The van der Waals surface area contributed by atoms with Crippen molar-refractivity contribution in [2.45, 2.75) is 17.9 Å². The van der Waals surface area contributed by atoms with Crippen molar-refractivity contribution in [1.82, 2.24) is 4.72 Å². The predicted octanol–water partition coefficient (Wildman–Crippen LogP) is 2.82. The van der Waals surface area contributed by atoms with Crippen molar-refractivity contribution < 1.29 is 26.7 Å². The number of methoxy groups -OCH3 is 1. The summed E-state index contributed by atoms with van der Waals surface area (Å²) < 4.78 is 60.5. The van der Waals surface area contributed by atoms with Gasteiger partial charge < -0.3 is 9.47 Å². The molecule has 0 atom stereocenters. The van der Waals surface area contributed by atoms with Crippen LogP contribution in [0.5, 0.6) is 11.5 Å². The van der Waals surface area contributed by atoms with Crippen LogP contribution in [0.4, 0.5) is 8.78 Å². The molecule has 0 fully saturated rings. The average molecular weight is 357 g/mol. The van der Waals surface area contributed by atoms with Crippen LogP contribution in [0.25, 0.3) is 0 Å². The molecule has 0 bridgehead atoms. The Kier molecular flexibility index (Phi) is 6.10. The lowest BCUT2D eigenvalue weighted by molar-refractivity contribution is -0.0498. The highest BCUT2D eigenvalue weighted by molar-refractivity contribution is 7.89. The standard InChI is InChI=1S/C16H17F2NO4S/c1-22-14-4-2-3-5-15(14)24(20,21)19-11-10-12-6-8-13(9-7-12)23-16(17)18/h2-9,16,19H,10-11H2,1H3. The molecule has 24 heavy (non-hydrogen) atoms. The Bertz CT molecular complexity index is 764. The number of benzene rings is 2. The van der Waals surface area contributed by atoms with Gasteiger partial charge in [-0.3, -0.25) is 0 Å². The second-order valence-corrected chi connectivity index (χ2v) is 6.56. The average Bonchev–Trinajstić information content (AvgIpc) is 2.56. The number of hydrogen-bond donors (Lipinski definition) is 1. The summed E-state index contributed by atoms with van der Waals surface area (Å²) in [7, 11) is -2.30. The fourth-order valence-electron chi connectivity index (χ4n) is 2.09. The first-order valence-corrected chi connectivity index (χ1v) is 8.57. The number of sulfonamides is 1. The maximum absolute atomic E-state index is 12.3. The van der Waals surface area contributed by atoms with Crippen LogP contribution in [0, 0.1) is 0 Å². The fraction of sp³-hybridized carbons (Fsp3) is 0.250. The van der Waals surface area contributed by atoms with E-state index in [1.165, 1.54) is 25.3 Å². The SMILES string of the molecule is COc1ccccc1S(=O)(=O)NCCc1ccc(OC(F)F)cc1. The minimum Gasteiger partial charge on any atom is -0.495 e. The van der Waals surface area contributed by atoms with Crippen molar-refractivity contribution in [3.8, 4) is 11.5 Å². The van der Waals surface area contributed by atoms with Crippen molar-refractivity contribution in [1.29, 1.82) is 0 Å². The van der Waals surface area contributed by atoms with E-state index in [9.17, 15) is 17.2 Å². The van der Waals surface area contributed by atoms with Crippen LogP contribution in [0.3, 0.4) is 0 Å². The highest BCUT2D eigenvalue weighted by Crippen LogP contribution is 2.22. The molecule has 0 aliphatic rings. The highest BCUT2D eigenvalue weighted by atomic mass is 32.2. The van der Waals surface area contributed by atoms with Gasteiger partial charge in [0.05, 0.1) is 7.11 Å². The van der Waals surface area contributed by atoms with Crippen molar-refractivity contribution in [3.63, 3.8) is 0 Å². The van der Waals surface area contributed by atoms with Crippen LogP contribution >= 0.6 is 0 Å². The van der Waals surface area contributed by atoms with E-state index >= 15 is 0 Å². The molecule has 0 aliphatic carbocycles. The Morgan fingerprint density at radius 2 is 1.75 bits per heavy atom. The summed E-state index contributed by atoms with van der Waals surface area (Å²) in [5.74, 6) is 0.321. The zero-order chi connectivity index (χ0) is 17.6. The highest BCUT2D eigenvalue weighted by Gasteiger charge is 2.18. The lowest BCUT2D eigenvalue weighted by Crippen LogP contribution is -2.26. The maximum Gasteiger partial charge on any atom is 0.387 e. The summed E-state index contributed by atoms with van der Waals surface area (Å²) in [6, 6.07) is 12.4. The van der Waals surface area contributed by atoms with Crippen molar-refractivity contribution in [3.05, 3.63) is 54.1 Å². The lowest BCUT2D eigenvalue weighted by atomic mass is 10.1. The minimum atomic E-state index is -3.70. The Morgan fingerprint density at radius 1 is 1.08 bits per heavy atom. The first-order chi connectivity index (χ1) is 11.4. The van der Waals surface area contributed by atoms with Gasteiger partial charge in [-0.2, -0.15) is 8.78 Å². The molecule has 0 aliphatic heterocycles. The molecule has 8 heteroatoms. The van der Waals surface area contributed by atoms with Gasteiger partial charge in [0.25, 0.3) is 0 Å². The molecule has 0 spiro atoms. The summed E-state index contributed by atoms with van der Waals surface area (Å²) in [5.41, 5.74) is 0.791. The quantitative estimate of drug-likeness (QED) is 0.789. The van der Waals surface area contributed by atoms with Crippen molar-refractivity contribution in [2.75, 3.05) is 13.7 Å². The number of halogens is 2. The van der Waals surface area contributed by atoms with E-state index in [4.69, 9.17) is 4.74 Å². The van der Waals surface area contributed by atoms with E-state index in [0.29, 0.717) is 6.42 Å². The molecule has 5 nitrogen and oxygen atoms in total. The monoisotopic (exact) mass is 357 g/mol. The topological polar surface area (TPSA) is 64.6 Å². The van der Waals surface area contributed by atoms with Crippen LogP contribution in [0.1, 0.15) is 5.56 Å². The summed E-state index contributed by atoms with van der Waals surface area (Å²) in [4.78, 5) is 0.0631. The third-order valence-electron chi connectivity index (χ3n) is 3.21. The molecule has 130 valence electrons. The van der Waals surface area contributed by atoms with Gasteiger partial charge in [-0.05, 0) is 36.2 Å². The number of nitrogens with one attached hydrogen (secondary N) is 1. The van der Waals surface area contributed by atoms with Crippen LogP contribution in [-0.2, 0) is 16.4 Å². The van der Waals surface area contributed by atoms with E-state index in [2.05, 4.69) is 9.46 Å². The molecule has 0 saturated carbocycles. The number of para-hydroxylation sites is 1. The Labute approximate surface area is 139 Å². The Morgan fingerprint density at radius 3 is 2.38 bits per heavy atom.